The SMILES string of the molecule is CCOC(=O)Cc1csc(N)[n+]1CC(O)c1ccccc1. The predicted octanol–water partition coefficient (Wildman–Crippen LogP) is 1.46. The molecule has 0 fully saturated rings. The highest BCUT2D eigenvalue weighted by atomic mass is 32.1. The third-order valence-electron chi connectivity index (χ3n) is 3.10. The average molecular weight is 307 g/mol. The molecule has 3 N–H and O–H groups in total. The zero-order valence-electron chi connectivity index (χ0n) is 11.9. The zero-order chi connectivity index (χ0) is 15.2. The molecule has 0 radical (unpaired) electrons. The summed E-state index contributed by atoms with van der Waals surface area (Å²) in [5, 5.41) is 12.7. The molecule has 1 heterocycles. The number of anilines is 1. The monoisotopic (exact) mass is 307 g/mol. The number of aliphatic hydroxyl groups is 1. The number of carbonyl (C=O) groups excluding carboxylic acids is 1. The van der Waals surface area contributed by atoms with Crippen LogP contribution < -0.4 is 10.3 Å². The minimum absolute atomic E-state index is 0.156. The third-order valence-corrected chi connectivity index (χ3v) is 3.95. The number of hydrogen-bond acceptors (Lipinski definition) is 5. The molecule has 0 aliphatic rings. The van der Waals surface area contributed by atoms with Gasteiger partial charge in [-0.15, -0.1) is 0 Å². The minimum Gasteiger partial charge on any atom is -0.466 e. The summed E-state index contributed by atoms with van der Waals surface area (Å²) in [7, 11) is 0. The molecule has 5 nitrogen and oxygen atoms in total. The topological polar surface area (TPSA) is 76.4 Å². The highest BCUT2D eigenvalue weighted by Gasteiger charge is 2.21. The van der Waals surface area contributed by atoms with E-state index in [1.165, 1.54) is 11.3 Å². The molecule has 1 aromatic carbocycles. The van der Waals surface area contributed by atoms with Crippen LogP contribution in [0, 0.1) is 0 Å². The van der Waals surface area contributed by atoms with Gasteiger partial charge >= 0.3 is 11.1 Å². The second-order valence-corrected chi connectivity index (χ2v) is 5.47. The second-order valence-electron chi connectivity index (χ2n) is 4.58. The molecule has 1 unspecified atom stereocenters. The summed E-state index contributed by atoms with van der Waals surface area (Å²) in [4.78, 5) is 11.6. The molecule has 1 aromatic heterocycles. The molecular weight excluding hydrogens is 288 g/mol. The maximum Gasteiger partial charge on any atom is 0.331 e. The van der Waals surface area contributed by atoms with E-state index in [9.17, 15) is 9.90 Å². The zero-order valence-corrected chi connectivity index (χ0v) is 12.7. The summed E-state index contributed by atoms with van der Waals surface area (Å²) in [6, 6.07) is 9.37. The highest BCUT2D eigenvalue weighted by molar-refractivity contribution is 7.13. The first-order chi connectivity index (χ1) is 10.1. The first-order valence-corrected chi connectivity index (χ1v) is 7.64. The van der Waals surface area contributed by atoms with Crippen LogP contribution in [0.4, 0.5) is 5.13 Å². The average Bonchev–Trinajstić information content (AvgIpc) is 2.81. The number of nitrogen functional groups attached to an aromatic ring is 1. The van der Waals surface area contributed by atoms with Crippen LogP contribution in [0.1, 0.15) is 24.3 Å². The van der Waals surface area contributed by atoms with E-state index in [1.807, 2.05) is 35.7 Å². The van der Waals surface area contributed by atoms with Crippen LogP contribution in [0.5, 0.6) is 0 Å². The molecule has 0 saturated carbocycles. The van der Waals surface area contributed by atoms with Crippen molar-refractivity contribution in [3.8, 4) is 0 Å². The second kappa shape index (κ2) is 7.19. The summed E-state index contributed by atoms with van der Waals surface area (Å²) in [6.07, 6.45) is -0.516. The lowest BCUT2D eigenvalue weighted by molar-refractivity contribution is -0.693. The van der Waals surface area contributed by atoms with Gasteiger partial charge in [0, 0.05) is 5.38 Å². The van der Waals surface area contributed by atoms with Gasteiger partial charge in [0.25, 0.3) is 0 Å². The van der Waals surface area contributed by atoms with Crippen LogP contribution in [-0.2, 0) is 22.5 Å². The van der Waals surface area contributed by atoms with Crippen LogP contribution in [0.2, 0.25) is 0 Å². The van der Waals surface area contributed by atoms with Crippen LogP contribution in [0.3, 0.4) is 0 Å². The molecule has 21 heavy (non-hydrogen) atoms. The Labute approximate surface area is 127 Å². The molecule has 0 spiro atoms. The number of aromatic nitrogens is 1. The maximum atomic E-state index is 11.6. The van der Waals surface area contributed by atoms with Gasteiger partial charge in [0.15, 0.2) is 0 Å². The number of nitrogens with zero attached hydrogens (tertiary/aromatic N) is 1. The Bertz CT molecular complexity index is 598. The van der Waals surface area contributed by atoms with E-state index in [4.69, 9.17) is 10.5 Å². The lowest BCUT2D eigenvalue weighted by Gasteiger charge is -2.11. The molecule has 6 heteroatoms. The molecule has 0 aliphatic carbocycles. The van der Waals surface area contributed by atoms with Crippen molar-refractivity contribution < 1.29 is 19.2 Å². The number of esters is 1. The summed E-state index contributed by atoms with van der Waals surface area (Å²) < 4.78 is 6.71. The van der Waals surface area contributed by atoms with Gasteiger partial charge in [-0.2, -0.15) is 0 Å². The normalized spacial score (nSPS) is 12.1. The van der Waals surface area contributed by atoms with Crippen molar-refractivity contribution in [3.05, 3.63) is 47.0 Å². The van der Waals surface area contributed by atoms with E-state index in [0.717, 1.165) is 11.3 Å². The fourth-order valence-corrected chi connectivity index (χ4v) is 2.84. The van der Waals surface area contributed by atoms with E-state index < -0.39 is 6.10 Å². The van der Waals surface area contributed by atoms with Gasteiger partial charge in [-0.1, -0.05) is 41.7 Å². The number of ether oxygens (including phenoxy) is 1. The van der Waals surface area contributed by atoms with Gasteiger partial charge in [0.2, 0.25) is 0 Å². The van der Waals surface area contributed by atoms with Crippen molar-refractivity contribution in [2.45, 2.75) is 26.0 Å². The molecular formula is C15H19N2O3S+. The molecule has 1 atom stereocenters. The van der Waals surface area contributed by atoms with Gasteiger partial charge in [0.1, 0.15) is 24.8 Å². The standard InChI is InChI=1S/C15H18N2O3S/c1-2-20-14(19)8-12-10-21-15(16)17(12)9-13(18)11-6-4-3-5-7-11/h3-7,10,13,16,18H,2,8-9H2,1H3/p+1. The third kappa shape index (κ3) is 4.03. The molecule has 0 saturated heterocycles. The summed E-state index contributed by atoms with van der Waals surface area (Å²) in [6.45, 7) is 2.44. The molecule has 0 bridgehead atoms. The maximum absolute atomic E-state index is 11.6. The quantitative estimate of drug-likeness (QED) is 0.626. The van der Waals surface area contributed by atoms with Crippen LogP contribution >= 0.6 is 11.3 Å². The van der Waals surface area contributed by atoms with Crippen molar-refractivity contribution in [1.82, 2.24) is 0 Å². The summed E-state index contributed by atoms with van der Waals surface area (Å²) >= 11 is 1.35. The van der Waals surface area contributed by atoms with Crippen LogP contribution in [0.15, 0.2) is 35.7 Å². The van der Waals surface area contributed by atoms with Crippen molar-refractivity contribution >= 4 is 22.4 Å². The van der Waals surface area contributed by atoms with Crippen LogP contribution in [-0.4, -0.2) is 17.7 Å². The number of hydrogen-bond donors (Lipinski definition) is 2. The molecule has 2 aromatic rings. The largest absolute Gasteiger partial charge is 0.466 e. The number of thiazole rings is 1. The van der Waals surface area contributed by atoms with Crippen molar-refractivity contribution in [2.24, 2.45) is 0 Å². The van der Waals surface area contributed by atoms with Gasteiger partial charge in [-0.3, -0.25) is 10.5 Å². The van der Waals surface area contributed by atoms with Gasteiger partial charge < -0.3 is 9.84 Å². The van der Waals surface area contributed by atoms with Gasteiger partial charge in [-0.25, -0.2) is 4.57 Å². The Hall–Kier alpha value is -1.92. The number of benzene rings is 1. The Morgan fingerprint density at radius 3 is 2.81 bits per heavy atom. The first kappa shape index (κ1) is 15.5. The Kier molecular flexibility index (Phi) is 5.30. The Morgan fingerprint density at radius 1 is 1.43 bits per heavy atom. The smallest absolute Gasteiger partial charge is 0.331 e. The molecule has 0 amide bonds. The van der Waals surface area contributed by atoms with E-state index in [-0.39, 0.29) is 12.4 Å². The van der Waals surface area contributed by atoms with E-state index in [1.54, 1.807) is 11.5 Å². The summed E-state index contributed by atoms with van der Waals surface area (Å²) in [5.41, 5.74) is 7.51. The lowest BCUT2D eigenvalue weighted by atomic mass is 10.1. The molecule has 0 aliphatic heterocycles. The fraction of sp³-hybridized carbons (Fsp3) is 0.333. The molecule has 2 rings (SSSR count). The number of rotatable bonds is 6. The van der Waals surface area contributed by atoms with E-state index in [2.05, 4.69) is 0 Å². The van der Waals surface area contributed by atoms with Gasteiger partial charge in [0.05, 0.1) is 6.61 Å². The fourth-order valence-electron chi connectivity index (χ4n) is 2.05. The lowest BCUT2D eigenvalue weighted by Crippen LogP contribution is -2.42. The van der Waals surface area contributed by atoms with Crippen molar-refractivity contribution in [1.29, 1.82) is 0 Å². The first-order valence-electron chi connectivity index (χ1n) is 6.76. The summed E-state index contributed by atoms with van der Waals surface area (Å²) in [5.74, 6) is -0.293. The minimum atomic E-state index is -0.672. The van der Waals surface area contributed by atoms with Gasteiger partial charge in [-0.05, 0) is 12.5 Å². The highest BCUT2D eigenvalue weighted by Crippen LogP contribution is 2.16. The van der Waals surface area contributed by atoms with Crippen LogP contribution in [0.25, 0.3) is 0 Å². The molecule has 112 valence electrons. The Balaban J connectivity index is 2.12. The predicted molar refractivity (Wildman–Crippen MR) is 80.7 cm³/mol. The Morgan fingerprint density at radius 2 is 2.14 bits per heavy atom. The van der Waals surface area contributed by atoms with Crippen molar-refractivity contribution in [2.75, 3.05) is 12.3 Å². The van der Waals surface area contributed by atoms with E-state index >= 15 is 0 Å². The number of carbonyl (C=O) groups is 1. The number of aliphatic hydroxyl groups excluding tert-OH is 1. The van der Waals surface area contributed by atoms with Crippen molar-refractivity contribution in [3.63, 3.8) is 0 Å². The number of nitrogens with two attached hydrogens (primary N) is 1. The van der Waals surface area contributed by atoms with E-state index in [0.29, 0.717) is 18.3 Å².